The molecule has 2 heterocycles. The van der Waals surface area contributed by atoms with Gasteiger partial charge in [0.25, 0.3) is 0 Å². The summed E-state index contributed by atoms with van der Waals surface area (Å²) >= 11 is 0. The van der Waals surface area contributed by atoms with Crippen molar-refractivity contribution in [3.63, 3.8) is 0 Å². The number of esters is 2. The molecule has 4 amide bonds. The molecule has 82 heavy (non-hydrogen) atoms. The summed E-state index contributed by atoms with van der Waals surface area (Å²) in [5.41, 5.74) is 1.07. The van der Waals surface area contributed by atoms with Crippen LogP contribution < -0.4 is 14.8 Å². The van der Waals surface area contributed by atoms with Crippen molar-refractivity contribution in [2.45, 2.75) is 176 Å². The van der Waals surface area contributed by atoms with Gasteiger partial charge >= 0.3 is 18.0 Å². The monoisotopic (exact) mass is 1150 g/mol. The van der Waals surface area contributed by atoms with Crippen LogP contribution in [0.3, 0.4) is 0 Å². The van der Waals surface area contributed by atoms with Crippen molar-refractivity contribution >= 4 is 41.5 Å². The molecule has 15 atom stereocenters. The first kappa shape index (κ1) is 68.2. The van der Waals surface area contributed by atoms with Crippen LogP contribution in [0.4, 0.5) is 4.79 Å². The number of ketones is 1. The number of ether oxygens (including phenoxy) is 8. The minimum absolute atomic E-state index is 0.0644. The molecular weight excluding hydrogens is 1060 g/mol. The van der Waals surface area contributed by atoms with Gasteiger partial charge in [-0.3, -0.25) is 24.0 Å². The van der Waals surface area contributed by atoms with Gasteiger partial charge in [0.05, 0.1) is 61.9 Å². The SMILES string of the molecule is C#CCOc1cc(OC2O[C@H](C(=O)OC)[C@@H](C)[C@H](C)[C@H]2OC(C)=O)ccc1COC(=O)N(C)[C@H](C(=O)C[C@H](C(=O)N(C)[C@@H](C(C)CC)[C@@H](CC(=O)N1CCC[C@H]1[C@H](OC)[C@@H](C)C(=O)N[C@H](C)[C@@H](O)c1ccccc1)OC)C(C)C)C(C)C. The van der Waals surface area contributed by atoms with Crippen molar-refractivity contribution in [1.29, 1.82) is 0 Å². The maximum Gasteiger partial charge on any atom is 0.410 e. The van der Waals surface area contributed by atoms with Gasteiger partial charge < -0.3 is 63.0 Å². The molecule has 2 fully saturated rings. The van der Waals surface area contributed by atoms with Gasteiger partial charge in [0.15, 0.2) is 18.0 Å². The molecular formula is C62H92N4O16. The van der Waals surface area contributed by atoms with Crippen LogP contribution in [0.25, 0.3) is 0 Å². The number of carbonyl (C=O) groups is 7. The van der Waals surface area contributed by atoms with Crippen LogP contribution in [0.5, 0.6) is 11.5 Å². The maximum atomic E-state index is 14.9. The predicted octanol–water partition coefficient (Wildman–Crippen LogP) is 7.16. The Morgan fingerprint density at radius 2 is 1.56 bits per heavy atom. The summed E-state index contributed by atoms with van der Waals surface area (Å²) in [6, 6.07) is 11.2. The maximum absolute atomic E-state index is 14.9. The molecule has 0 saturated carbocycles. The number of Topliss-reactive ketones (excluding diaryl/α,β-unsaturated/α-hetero) is 1. The van der Waals surface area contributed by atoms with E-state index in [4.69, 9.17) is 44.3 Å². The van der Waals surface area contributed by atoms with E-state index in [1.165, 1.54) is 46.3 Å². The first-order chi connectivity index (χ1) is 38.8. The number of carbonyl (C=O) groups excluding carboxylic acids is 7. The number of aliphatic hydroxyl groups is 1. The van der Waals surface area contributed by atoms with Crippen LogP contribution in [-0.4, -0.2) is 165 Å². The standard InChI is InChI=1S/C62H92N4O16/c1-18-30-78-49-31-45(81-61-57(80-42(12)67)39(9)38(8)56(82-61)60(73)77-17)28-27-44(49)34-79-62(74)65(14)52(36(5)6)48(68)32-46(35(3)4)59(72)64(13)53(37(7)19-2)50(75-15)33-51(69)66-29-23-26-47(66)55(76-16)40(10)58(71)63-41(11)54(70)43-24-21-20-22-25-43/h1,20-22,24-25,27-28,31,35-41,46-47,50,52-57,61,70H,19,23,26,29-30,32-34H2,2-17H3,(H,63,71)/t37?,38-,39-,40+,41+,46-,47-,50+,52-,53-,54+,55+,56-,57+,61?/m0/s1. The summed E-state index contributed by atoms with van der Waals surface area (Å²) < 4.78 is 46.5. The van der Waals surface area contributed by atoms with E-state index in [0.29, 0.717) is 36.9 Å². The summed E-state index contributed by atoms with van der Waals surface area (Å²) in [5.74, 6) is -2.62. The molecule has 20 nitrogen and oxygen atoms in total. The van der Waals surface area contributed by atoms with Crippen LogP contribution in [-0.2, 0) is 63.8 Å². The van der Waals surface area contributed by atoms with Gasteiger partial charge in [0, 0.05) is 71.7 Å². The van der Waals surface area contributed by atoms with Crippen LogP contribution >= 0.6 is 0 Å². The molecule has 2 aliphatic heterocycles. The number of nitrogens with zero attached hydrogens (tertiary/aromatic N) is 3. The van der Waals surface area contributed by atoms with E-state index in [0.717, 1.165) is 0 Å². The van der Waals surface area contributed by atoms with E-state index < -0.39 is 96.8 Å². The number of amides is 4. The third kappa shape index (κ3) is 17.4. The highest BCUT2D eigenvalue weighted by Crippen LogP contribution is 2.37. The second kappa shape index (κ2) is 32.0. The van der Waals surface area contributed by atoms with Gasteiger partial charge in [-0.1, -0.05) is 105 Å². The summed E-state index contributed by atoms with van der Waals surface area (Å²) in [7, 11) is 7.44. The Balaban J connectivity index is 1.48. The number of aliphatic hydroxyl groups excluding tert-OH is 1. The summed E-state index contributed by atoms with van der Waals surface area (Å²) in [4.78, 5) is 101. The van der Waals surface area contributed by atoms with Gasteiger partial charge in [0.1, 0.15) is 24.7 Å². The Morgan fingerprint density at radius 1 is 0.890 bits per heavy atom. The van der Waals surface area contributed by atoms with E-state index >= 15 is 0 Å². The molecule has 20 heteroatoms. The molecule has 0 aromatic heterocycles. The van der Waals surface area contributed by atoms with Gasteiger partial charge in [-0.15, -0.1) is 6.42 Å². The van der Waals surface area contributed by atoms with Crippen molar-refractivity contribution in [1.82, 2.24) is 20.0 Å². The number of hydrogen-bond acceptors (Lipinski definition) is 16. The lowest BCUT2D eigenvalue weighted by Crippen LogP contribution is -2.55. The fourth-order valence-corrected chi connectivity index (χ4v) is 11.4. The number of rotatable bonds is 29. The molecule has 0 radical (unpaired) electrons. The van der Waals surface area contributed by atoms with E-state index in [1.807, 2.05) is 52.8 Å². The molecule has 456 valence electrons. The van der Waals surface area contributed by atoms with E-state index in [1.54, 1.807) is 75.7 Å². The quantitative estimate of drug-likeness (QED) is 0.0467. The topological polar surface area (TPSA) is 235 Å². The van der Waals surface area contributed by atoms with E-state index in [9.17, 15) is 38.7 Å². The van der Waals surface area contributed by atoms with Gasteiger partial charge in [-0.25, -0.2) is 9.59 Å². The summed E-state index contributed by atoms with van der Waals surface area (Å²) in [6.07, 6.45) is 0.995. The second-order valence-electron chi connectivity index (χ2n) is 22.7. The zero-order valence-electron chi connectivity index (χ0n) is 51.1. The fraction of sp³-hybridized carbons (Fsp3) is 0.661. The molecule has 2 saturated heterocycles. The van der Waals surface area contributed by atoms with Gasteiger partial charge in [-0.2, -0.15) is 0 Å². The summed E-state index contributed by atoms with van der Waals surface area (Å²) in [6.45, 7) is 19.7. The normalized spacial score (nSPS) is 22.2. The number of benzene rings is 2. The highest BCUT2D eigenvalue weighted by Gasteiger charge is 2.49. The lowest BCUT2D eigenvalue weighted by molar-refractivity contribution is -0.248. The average molecular weight is 1150 g/mol. The first-order valence-corrected chi connectivity index (χ1v) is 28.6. The predicted molar refractivity (Wildman–Crippen MR) is 306 cm³/mol. The van der Waals surface area contributed by atoms with Gasteiger partial charge in [0.2, 0.25) is 24.0 Å². The Hall–Kier alpha value is -6.27. The Labute approximate surface area is 485 Å². The smallest absolute Gasteiger partial charge is 0.410 e. The molecule has 2 aromatic carbocycles. The highest BCUT2D eigenvalue weighted by atomic mass is 16.7. The minimum Gasteiger partial charge on any atom is -0.480 e. The van der Waals surface area contributed by atoms with Crippen molar-refractivity contribution < 1.29 is 76.6 Å². The number of terminal acetylenes is 1. The number of methoxy groups -OCH3 is 3. The van der Waals surface area contributed by atoms with Crippen molar-refractivity contribution in [2.24, 2.45) is 41.4 Å². The Morgan fingerprint density at radius 3 is 2.13 bits per heavy atom. The summed E-state index contributed by atoms with van der Waals surface area (Å²) in [5, 5.41) is 13.9. The van der Waals surface area contributed by atoms with E-state index in [-0.39, 0.29) is 84.7 Å². The van der Waals surface area contributed by atoms with Crippen LogP contribution in [0.1, 0.15) is 125 Å². The minimum atomic E-state index is -1.21. The number of nitrogens with one attached hydrogen (secondary N) is 1. The molecule has 4 rings (SSSR count). The van der Waals surface area contributed by atoms with Crippen LogP contribution in [0.2, 0.25) is 0 Å². The lowest BCUT2D eigenvalue weighted by Gasteiger charge is -2.42. The number of likely N-dealkylation sites (tertiary alicyclic amines) is 1. The zero-order valence-corrected chi connectivity index (χ0v) is 51.1. The Bertz CT molecular complexity index is 2480. The highest BCUT2D eigenvalue weighted by molar-refractivity contribution is 5.92. The van der Waals surface area contributed by atoms with Crippen molar-refractivity contribution in [3.8, 4) is 23.8 Å². The molecule has 0 aliphatic carbocycles. The third-order valence-corrected chi connectivity index (χ3v) is 16.5. The lowest BCUT2D eigenvalue weighted by atomic mass is 9.83. The average Bonchev–Trinajstić information content (AvgIpc) is 3.94. The molecule has 2 unspecified atom stereocenters. The molecule has 0 spiro atoms. The number of likely N-dealkylation sites (N-methyl/N-ethyl adjacent to an activating group) is 2. The van der Waals surface area contributed by atoms with Crippen LogP contribution in [0, 0.1) is 53.8 Å². The largest absolute Gasteiger partial charge is 0.480 e. The second-order valence-corrected chi connectivity index (χ2v) is 22.7. The van der Waals surface area contributed by atoms with E-state index in [2.05, 4.69) is 11.2 Å². The third-order valence-electron chi connectivity index (χ3n) is 16.5. The Kier molecular flexibility index (Phi) is 26.6. The fourth-order valence-electron chi connectivity index (χ4n) is 11.4. The van der Waals surface area contributed by atoms with Crippen molar-refractivity contribution in [3.05, 3.63) is 59.7 Å². The van der Waals surface area contributed by atoms with Crippen molar-refractivity contribution in [2.75, 3.05) is 48.6 Å². The van der Waals surface area contributed by atoms with Gasteiger partial charge in [-0.05, 0) is 61.1 Å². The molecule has 2 aromatic rings. The molecule has 0 bridgehead atoms. The number of hydrogen-bond donors (Lipinski definition) is 2. The van der Waals surface area contributed by atoms with Crippen LogP contribution in [0.15, 0.2) is 48.5 Å². The zero-order chi connectivity index (χ0) is 61.3. The molecule has 2 aliphatic rings. The first-order valence-electron chi connectivity index (χ1n) is 28.6. The molecule has 2 N–H and O–H groups in total.